The van der Waals surface area contributed by atoms with Gasteiger partial charge in [-0.1, -0.05) is 11.6 Å². The van der Waals surface area contributed by atoms with Crippen LogP contribution in [0.2, 0.25) is 4.34 Å². The van der Waals surface area contributed by atoms with E-state index >= 15 is 0 Å². The lowest BCUT2D eigenvalue weighted by molar-refractivity contribution is -0.117. The van der Waals surface area contributed by atoms with E-state index in [1.807, 2.05) is 4.72 Å². The predicted octanol–water partition coefficient (Wildman–Crippen LogP) is 3.08. The molecule has 33 heavy (non-hydrogen) atoms. The van der Waals surface area contributed by atoms with Crippen LogP contribution in [-0.4, -0.2) is 38.3 Å². The summed E-state index contributed by atoms with van der Waals surface area (Å²) in [6.07, 6.45) is 1.25. The average Bonchev–Trinajstić information content (AvgIpc) is 3.21. The average molecular weight is 506 g/mol. The van der Waals surface area contributed by atoms with Crippen molar-refractivity contribution < 1.29 is 22.8 Å². The minimum absolute atomic E-state index is 0.0330. The van der Waals surface area contributed by atoms with Crippen molar-refractivity contribution in [3.8, 4) is 0 Å². The number of rotatable bonds is 5. The summed E-state index contributed by atoms with van der Waals surface area (Å²) in [5.41, 5.74) is 1.97. The Labute approximate surface area is 197 Å². The number of amides is 4. The van der Waals surface area contributed by atoms with E-state index in [2.05, 4.69) is 15.6 Å². The Bertz CT molecular complexity index is 1370. The van der Waals surface area contributed by atoms with Crippen LogP contribution < -0.4 is 20.3 Å². The summed E-state index contributed by atoms with van der Waals surface area (Å²) in [5, 5.41) is 5.30. The van der Waals surface area contributed by atoms with E-state index in [1.54, 1.807) is 25.2 Å². The van der Waals surface area contributed by atoms with Crippen LogP contribution in [0.3, 0.4) is 0 Å². The van der Waals surface area contributed by atoms with Gasteiger partial charge < -0.3 is 10.6 Å². The number of pyridine rings is 1. The van der Waals surface area contributed by atoms with Gasteiger partial charge in [0.05, 0.1) is 22.6 Å². The van der Waals surface area contributed by atoms with Crippen molar-refractivity contribution >= 4 is 68.0 Å². The van der Waals surface area contributed by atoms with Gasteiger partial charge in [0.25, 0.3) is 15.9 Å². The molecule has 0 bridgehead atoms. The zero-order valence-corrected chi connectivity index (χ0v) is 19.3. The molecule has 10 nitrogen and oxygen atoms in total. The fourth-order valence-electron chi connectivity index (χ4n) is 3.17. The van der Waals surface area contributed by atoms with E-state index in [4.69, 9.17) is 11.6 Å². The first-order chi connectivity index (χ1) is 15.7. The van der Waals surface area contributed by atoms with Crippen LogP contribution in [0.15, 0.2) is 52.9 Å². The molecule has 0 atom stereocenters. The normalized spacial score (nSPS) is 13.5. The molecule has 3 aromatic rings. The zero-order chi connectivity index (χ0) is 23.8. The van der Waals surface area contributed by atoms with Gasteiger partial charge in [-0.05, 0) is 48.0 Å². The molecule has 0 spiro atoms. The first-order valence-electron chi connectivity index (χ1n) is 9.41. The number of anilines is 3. The highest BCUT2D eigenvalue weighted by atomic mass is 35.5. The largest absolute Gasteiger partial charge is 0.388 e. The van der Waals surface area contributed by atoms with Crippen LogP contribution in [0.4, 0.5) is 22.0 Å². The number of fused-ring (bicyclic) bond motifs is 1. The highest BCUT2D eigenvalue weighted by Crippen LogP contribution is 2.27. The third-order valence-electron chi connectivity index (χ3n) is 4.69. The maximum Gasteiger partial charge on any atom is 0.333 e. The summed E-state index contributed by atoms with van der Waals surface area (Å²) in [5.74, 6) is -0.858. The molecule has 0 radical (unpaired) electrons. The third-order valence-corrected chi connectivity index (χ3v) is 7.75. The van der Waals surface area contributed by atoms with Crippen molar-refractivity contribution in [1.29, 1.82) is 0 Å². The Kier molecular flexibility index (Phi) is 6.06. The second kappa shape index (κ2) is 8.81. The Balaban J connectivity index is 1.47. The number of hydrogen-bond donors (Lipinski definition) is 3. The molecule has 0 saturated heterocycles. The first-order valence-corrected chi connectivity index (χ1v) is 12.1. The molecule has 0 saturated carbocycles. The highest BCUT2D eigenvalue weighted by Gasteiger charge is 2.33. The minimum Gasteiger partial charge on any atom is -0.388 e. The molecule has 2 aromatic heterocycles. The van der Waals surface area contributed by atoms with E-state index in [9.17, 15) is 22.8 Å². The summed E-state index contributed by atoms with van der Waals surface area (Å²) in [4.78, 5) is 42.6. The molecule has 13 heteroatoms. The van der Waals surface area contributed by atoms with Crippen molar-refractivity contribution in [2.75, 3.05) is 22.6 Å². The quantitative estimate of drug-likeness (QED) is 0.453. The summed E-state index contributed by atoms with van der Waals surface area (Å²) in [6, 6.07) is 9.59. The number of thiophene rings is 1. The van der Waals surface area contributed by atoms with Gasteiger partial charge in [0, 0.05) is 18.3 Å². The minimum atomic E-state index is -4.08. The SMILES string of the molecule is CNc1ccc2c(c1)CC(=O)N(c1ccc(NC(=O)NS(=O)(=O)c3ccc(Cl)s3)cn1)C2=O. The molecule has 1 aliphatic rings. The third kappa shape index (κ3) is 4.67. The second-order valence-corrected chi connectivity index (χ2v) is 10.5. The monoisotopic (exact) mass is 505 g/mol. The fraction of sp³-hybridized carbons (Fsp3) is 0.100. The van der Waals surface area contributed by atoms with Gasteiger partial charge in [0.15, 0.2) is 0 Å². The number of nitrogens with zero attached hydrogens (tertiary/aromatic N) is 2. The number of imide groups is 1. The zero-order valence-electron chi connectivity index (χ0n) is 17.0. The number of sulfonamides is 1. The molecule has 0 aliphatic carbocycles. The highest BCUT2D eigenvalue weighted by molar-refractivity contribution is 7.92. The molecule has 4 rings (SSSR count). The molecule has 4 amide bonds. The molecule has 170 valence electrons. The van der Waals surface area contributed by atoms with Crippen LogP contribution in [0.1, 0.15) is 15.9 Å². The van der Waals surface area contributed by atoms with E-state index in [-0.39, 0.29) is 26.5 Å². The van der Waals surface area contributed by atoms with E-state index in [1.165, 1.54) is 30.5 Å². The van der Waals surface area contributed by atoms with Crippen molar-refractivity contribution in [2.24, 2.45) is 0 Å². The molecule has 3 heterocycles. The second-order valence-electron chi connectivity index (χ2n) is 6.86. The fourth-order valence-corrected chi connectivity index (χ4v) is 5.56. The molecule has 1 aromatic carbocycles. The van der Waals surface area contributed by atoms with Gasteiger partial charge >= 0.3 is 6.03 Å². The maximum atomic E-state index is 12.9. The van der Waals surface area contributed by atoms with Crippen LogP contribution in [0.5, 0.6) is 0 Å². The van der Waals surface area contributed by atoms with Crippen LogP contribution >= 0.6 is 22.9 Å². The Morgan fingerprint density at radius 1 is 1.12 bits per heavy atom. The Morgan fingerprint density at radius 3 is 2.52 bits per heavy atom. The number of hydrogen-bond acceptors (Lipinski definition) is 8. The number of aromatic nitrogens is 1. The van der Waals surface area contributed by atoms with Gasteiger partial charge in [-0.3, -0.25) is 9.59 Å². The summed E-state index contributed by atoms with van der Waals surface area (Å²) in [6.45, 7) is 0. The Hall–Kier alpha value is -3.48. The Morgan fingerprint density at radius 2 is 1.88 bits per heavy atom. The lowest BCUT2D eigenvalue weighted by Gasteiger charge is -2.26. The van der Waals surface area contributed by atoms with Crippen LogP contribution in [-0.2, 0) is 21.2 Å². The predicted molar refractivity (Wildman–Crippen MR) is 124 cm³/mol. The lowest BCUT2D eigenvalue weighted by Crippen LogP contribution is -2.43. The van der Waals surface area contributed by atoms with Gasteiger partial charge in [-0.25, -0.2) is 27.8 Å². The molecule has 1 aliphatic heterocycles. The smallest absolute Gasteiger partial charge is 0.333 e. The van der Waals surface area contributed by atoms with Crippen molar-refractivity contribution in [1.82, 2.24) is 9.71 Å². The van der Waals surface area contributed by atoms with E-state index in [0.717, 1.165) is 21.9 Å². The van der Waals surface area contributed by atoms with E-state index < -0.39 is 27.9 Å². The molecular formula is C20H16ClN5O5S2. The van der Waals surface area contributed by atoms with Gasteiger partial charge in [-0.2, -0.15) is 0 Å². The number of halogens is 1. The molecule has 0 fully saturated rings. The number of carbonyl (C=O) groups is 3. The van der Waals surface area contributed by atoms with Crippen molar-refractivity contribution in [3.05, 3.63) is 64.1 Å². The van der Waals surface area contributed by atoms with Crippen LogP contribution in [0, 0.1) is 0 Å². The maximum absolute atomic E-state index is 12.9. The number of nitrogens with one attached hydrogen (secondary N) is 3. The van der Waals surface area contributed by atoms with Crippen molar-refractivity contribution in [2.45, 2.75) is 10.6 Å². The number of benzene rings is 1. The first kappa shape index (κ1) is 22.7. The van der Waals surface area contributed by atoms with E-state index in [0.29, 0.717) is 11.1 Å². The number of urea groups is 1. The summed E-state index contributed by atoms with van der Waals surface area (Å²) in [7, 11) is -2.34. The van der Waals surface area contributed by atoms with Gasteiger partial charge in [0.2, 0.25) is 5.91 Å². The molecule has 0 unspecified atom stereocenters. The summed E-state index contributed by atoms with van der Waals surface area (Å²) >= 11 is 6.54. The summed E-state index contributed by atoms with van der Waals surface area (Å²) < 4.78 is 26.4. The standard InChI is InChI=1S/C20H16ClN5O5S2/c1-22-12-2-4-14-11(8-12)9-17(27)26(19(14)28)16-6-3-13(10-23-16)24-20(29)25-33(30,31)18-7-5-15(21)32-18/h2-8,10,22H,9H2,1H3,(H2,24,25,29). The van der Waals surface area contributed by atoms with Gasteiger partial charge in [0.1, 0.15) is 10.0 Å². The molecular weight excluding hydrogens is 490 g/mol. The number of carbonyl (C=O) groups excluding carboxylic acids is 3. The van der Waals surface area contributed by atoms with Crippen molar-refractivity contribution in [3.63, 3.8) is 0 Å². The topological polar surface area (TPSA) is 138 Å². The van der Waals surface area contributed by atoms with Crippen LogP contribution in [0.25, 0.3) is 0 Å². The molecule has 3 N–H and O–H groups in total. The lowest BCUT2D eigenvalue weighted by atomic mass is 9.97. The van der Waals surface area contributed by atoms with Gasteiger partial charge in [-0.15, -0.1) is 11.3 Å².